The van der Waals surface area contributed by atoms with Gasteiger partial charge < -0.3 is 20.3 Å². The number of amides is 1. The summed E-state index contributed by atoms with van der Waals surface area (Å²) >= 11 is 0. The van der Waals surface area contributed by atoms with Gasteiger partial charge in [0.25, 0.3) is 5.91 Å². The molecule has 158 valence electrons. The van der Waals surface area contributed by atoms with Crippen LogP contribution < -0.4 is 10.6 Å². The lowest BCUT2D eigenvalue weighted by Crippen LogP contribution is -2.39. The fraction of sp³-hybridized carbons (Fsp3) is 0.636. The van der Waals surface area contributed by atoms with Gasteiger partial charge in [0.15, 0.2) is 5.96 Å². The predicted octanol–water partition coefficient (Wildman–Crippen LogP) is 3.29. The highest BCUT2D eigenvalue weighted by molar-refractivity contribution is 5.94. The summed E-state index contributed by atoms with van der Waals surface area (Å²) in [7, 11) is 0. The van der Waals surface area contributed by atoms with E-state index in [1.54, 1.807) is 0 Å². The minimum Gasteiger partial charge on any atom is -0.380 e. The van der Waals surface area contributed by atoms with Gasteiger partial charge in [-0.05, 0) is 50.8 Å². The maximum Gasteiger partial charge on any atom is 0.253 e. The van der Waals surface area contributed by atoms with Crippen molar-refractivity contribution in [2.24, 2.45) is 10.9 Å². The maximum atomic E-state index is 12.4. The van der Waals surface area contributed by atoms with Crippen LogP contribution in [0.4, 0.5) is 0 Å². The van der Waals surface area contributed by atoms with Gasteiger partial charge in [-0.3, -0.25) is 4.79 Å². The molecular formula is C22H38N4O2. The lowest BCUT2D eigenvalue weighted by Gasteiger charge is -2.18. The summed E-state index contributed by atoms with van der Waals surface area (Å²) in [5, 5.41) is 6.54. The fourth-order valence-corrected chi connectivity index (χ4v) is 2.62. The van der Waals surface area contributed by atoms with Crippen LogP contribution in [0.25, 0.3) is 0 Å². The lowest BCUT2D eigenvalue weighted by atomic mass is 10.1. The standard InChI is InChI=1S/C22H38N4O2/c1-6-23-22(24-14-16-28-15-13-18(4)5)25-17-19-9-11-20(12-10-19)21(27)26(7-2)8-3/h9-12,18H,6-8,13-17H2,1-5H3,(H2,23,24,25). The molecule has 1 aromatic rings. The largest absolute Gasteiger partial charge is 0.380 e. The average Bonchev–Trinajstić information content (AvgIpc) is 2.69. The minimum absolute atomic E-state index is 0.0764. The van der Waals surface area contributed by atoms with Crippen molar-refractivity contribution in [3.8, 4) is 0 Å². The summed E-state index contributed by atoms with van der Waals surface area (Å²) in [6, 6.07) is 7.71. The molecule has 0 heterocycles. The zero-order valence-electron chi connectivity index (χ0n) is 18.3. The fourth-order valence-electron chi connectivity index (χ4n) is 2.62. The van der Waals surface area contributed by atoms with Gasteiger partial charge >= 0.3 is 0 Å². The molecule has 6 nitrogen and oxygen atoms in total. The first kappa shape index (κ1) is 24.0. The SMILES string of the molecule is CCNC(=NCc1ccc(C(=O)N(CC)CC)cc1)NCCOCCC(C)C. The molecule has 0 bridgehead atoms. The van der Waals surface area contributed by atoms with Crippen LogP contribution in [0.5, 0.6) is 0 Å². The summed E-state index contributed by atoms with van der Waals surface area (Å²) < 4.78 is 5.63. The van der Waals surface area contributed by atoms with E-state index in [1.165, 1.54) is 0 Å². The van der Waals surface area contributed by atoms with Crippen molar-refractivity contribution < 1.29 is 9.53 Å². The van der Waals surface area contributed by atoms with Crippen LogP contribution >= 0.6 is 0 Å². The molecule has 6 heteroatoms. The number of aliphatic imine (C=N–C) groups is 1. The van der Waals surface area contributed by atoms with Crippen LogP contribution in [0.1, 0.15) is 57.0 Å². The number of carbonyl (C=O) groups excluding carboxylic acids is 1. The lowest BCUT2D eigenvalue weighted by molar-refractivity contribution is 0.0773. The van der Waals surface area contributed by atoms with E-state index in [9.17, 15) is 4.79 Å². The van der Waals surface area contributed by atoms with Crippen molar-refractivity contribution in [3.63, 3.8) is 0 Å². The van der Waals surface area contributed by atoms with Crippen LogP contribution in [-0.4, -0.2) is 56.2 Å². The predicted molar refractivity (Wildman–Crippen MR) is 117 cm³/mol. The number of nitrogens with one attached hydrogen (secondary N) is 2. The number of nitrogens with zero attached hydrogens (tertiary/aromatic N) is 2. The third-order valence-electron chi connectivity index (χ3n) is 4.39. The highest BCUT2D eigenvalue weighted by Crippen LogP contribution is 2.09. The Morgan fingerprint density at radius 2 is 1.75 bits per heavy atom. The number of hydrogen-bond acceptors (Lipinski definition) is 3. The van der Waals surface area contributed by atoms with Crippen LogP contribution in [0.3, 0.4) is 0 Å². The van der Waals surface area contributed by atoms with Crippen molar-refractivity contribution in [2.45, 2.75) is 47.6 Å². The highest BCUT2D eigenvalue weighted by atomic mass is 16.5. The molecular weight excluding hydrogens is 352 g/mol. The summed E-state index contributed by atoms with van der Waals surface area (Å²) in [5.74, 6) is 1.52. The molecule has 2 N–H and O–H groups in total. The Kier molecular flexibility index (Phi) is 12.0. The first-order valence-corrected chi connectivity index (χ1v) is 10.5. The Morgan fingerprint density at radius 1 is 1.07 bits per heavy atom. The third-order valence-corrected chi connectivity index (χ3v) is 4.39. The summed E-state index contributed by atoms with van der Waals surface area (Å²) in [4.78, 5) is 18.8. The minimum atomic E-state index is 0.0764. The molecule has 0 fully saturated rings. The van der Waals surface area contributed by atoms with Crippen molar-refractivity contribution in [1.29, 1.82) is 0 Å². The van der Waals surface area contributed by atoms with Crippen LogP contribution in [-0.2, 0) is 11.3 Å². The molecule has 0 saturated carbocycles. The summed E-state index contributed by atoms with van der Waals surface area (Å²) in [6.45, 7) is 15.4. The first-order chi connectivity index (χ1) is 13.5. The van der Waals surface area contributed by atoms with Crippen molar-refractivity contribution in [1.82, 2.24) is 15.5 Å². The second-order valence-electron chi connectivity index (χ2n) is 7.09. The van der Waals surface area contributed by atoms with Crippen molar-refractivity contribution in [3.05, 3.63) is 35.4 Å². The normalized spacial score (nSPS) is 11.6. The molecule has 1 rings (SSSR count). The van der Waals surface area contributed by atoms with Gasteiger partial charge in [0, 0.05) is 38.3 Å². The average molecular weight is 391 g/mol. The van der Waals surface area contributed by atoms with Gasteiger partial charge in [-0.15, -0.1) is 0 Å². The molecule has 1 amide bonds. The molecule has 0 atom stereocenters. The number of rotatable bonds is 12. The Hall–Kier alpha value is -2.08. The number of carbonyl (C=O) groups is 1. The zero-order valence-corrected chi connectivity index (χ0v) is 18.3. The van der Waals surface area contributed by atoms with Gasteiger partial charge in [0.05, 0.1) is 13.2 Å². The van der Waals surface area contributed by atoms with E-state index in [1.807, 2.05) is 49.9 Å². The Morgan fingerprint density at radius 3 is 2.32 bits per heavy atom. The second kappa shape index (κ2) is 14.0. The second-order valence-corrected chi connectivity index (χ2v) is 7.09. The Labute approximate surface area is 170 Å². The molecule has 0 aromatic heterocycles. The van der Waals surface area contributed by atoms with Gasteiger partial charge in [0.1, 0.15) is 0 Å². The highest BCUT2D eigenvalue weighted by Gasteiger charge is 2.11. The number of guanidine groups is 1. The van der Waals surface area contributed by atoms with E-state index >= 15 is 0 Å². The van der Waals surface area contributed by atoms with E-state index in [0.29, 0.717) is 19.1 Å². The topological polar surface area (TPSA) is 66.0 Å². The Balaban J connectivity index is 2.51. The van der Waals surface area contributed by atoms with E-state index in [-0.39, 0.29) is 5.91 Å². The molecule has 0 saturated heterocycles. The maximum absolute atomic E-state index is 12.4. The van der Waals surface area contributed by atoms with Gasteiger partial charge in [-0.25, -0.2) is 4.99 Å². The summed E-state index contributed by atoms with van der Waals surface area (Å²) in [6.07, 6.45) is 1.08. The third kappa shape index (κ3) is 9.22. The van der Waals surface area contributed by atoms with Gasteiger partial charge in [0.2, 0.25) is 0 Å². The molecule has 0 aliphatic heterocycles. The molecule has 0 aliphatic carbocycles. The smallest absolute Gasteiger partial charge is 0.253 e. The van der Waals surface area contributed by atoms with Gasteiger partial charge in [-0.2, -0.15) is 0 Å². The van der Waals surface area contributed by atoms with E-state index in [4.69, 9.17) is 4.74 Å². The van der Waals surface area contributed by atoms with Crippen molar-refractivity contribution in [2.75, 3.05) is 39.4 Å². The zero-order chi connectivity index (χ0) is 20.8. The van der Waals surface area contributed by atoms with E-state index < -0.39 is 0 Å². The monoisotopic (exact) mass is 390 g/mol. The van der Waals surface area contributed by atoms with Crippen LogP contribution in [0.2, 0.25) is 0 Å². The molecule has 0 spiro atoms. The quantitative estimate of drug-likeness (QED) is 0.327. The number of benzene rings is 1. The first-order valence-electron chi connectivity index (χ1n) is 10.5. The molecule has 0 aliphatic rings. The molecule has 1 aromatic carbocycles. The van der Waals surface area contributed by atoms with E-state index in [0.717, 1.165) is 56.3 Å². The van der Waals surface area contributed by atoms with Crippen LogP contribution in [0, 0.1) is 5.92 Å². The molecule has 0 radical (unpaired) electrons. The van der Waals surface area contributed by atoms with Crippen LogP contribution in [0.15, 0.2) is 29.3 Å². The molecule has 28 heavy (non-hydrogen) atoms. The van der Waals surface area contributed by atoms with Crippen molar-refractivity contribution >= 4 is 11.9 Å². The molecule has 0 unspecified atom stereocenters. The Bertz CT molecular complexity index is 581. The van der Waals surface area contributed by atoms with Gasteiger partial charge in [-0.1, -0.05) is 26.0 Å². The van der Waals surface area contributed by atoms with E-state index in [2.05, 4.69) is 29.5 Å². The number of ether oxygens (including phenoxy) is 1. The number of hydrogen-bond donors (Lipinski definition) is 2. The summed E-state index contributed by atoms with van der Waals surface area (Å²) in [5.41, 5.74) is 1.79.